The molecule has 22 heavy (non-hydrogen) atoms. The van der Waals surface area contributed by atoms with Crippen molar-refractivity contribution >= 4 is 18.3 Å². The van der Waals surface area contributed by atoms with Gasteiger partial charge >= 0.3 is 0 Å². The summed E-state index contributed by atoms with van der Waals surface area (Å²) in [6, 6.07) is 5.34. The highest BCUT2D eigenvalue weighted by Gasteiger charge is 2.14. The summed E-state index contributed by atoms with van der Waals surface area (Å²) < 4.78 is 15.4. The van der Waals surface area contributed by atoms with Gasteiger partial charge in [0.05, 0.1) is 33.4 Å². The first kappa shape index (κ1) is 20.5. The molecule has 0 radical (unpaired) electrons. The van der Waals surface area contributed by atoms with Crippen LogP contribution in [-0.2, 0) is 9.53 Å². The van der Waals surface area contributed by atoms with Crippen molar-refractivity contribution in [3.63, 3.8) is 0 Å². The third-order valence-electron chi connectivity index (χ3n) is 3.05. The molecule has 126 valence electrons. The van der Waals surface area contributed by atoms with Crippen LogP contribution in [0.25, 0.3) is 0 Å². The van der Waals surface area contributed by atoms with E-state index >= 15 is 0 Å². The summed E-state index contributed by atoms with van der Waals surface area (Å²) in [6.07, 6.45) is 0. The summed E-state index contributed by atoms with van der Waals surface area (Å²) in [5.74, 6) is 1.37. The molecule has 1 rings (SSSR count). The van der Waals surface area contributed by atoms with E-state index in [9.17, 15) is 4.79 Å². The molecular formula is C15H25ClN2O4. The maximum atomic E-state index is 11.9. The van der Waals surface area contributed by atoms with Gasteiger partial charge < -0.3 is 24.8 Å². The van der Waals surface area contributed by atoms with E-state index < -0.39 is 0 Å². The van der Waals surface area contributed by atoms with Crippen molar-refractivity contribution in [3.8, 4) is 11.5 Å². The van der Waals surface area contributed by atoms with E-state index in [0.717, 1.165) is 17.1 Å². The van der Waals surface area contributed by atoms with Gasteiger partial charge in [0.25, 0.3) is 0 Å². The molecule has 1 amide bonds. The molecule has 0 saturated heterocycles. The maximum Gasteiger partial charge on any atom is 0.234 e. The molecule has 0 fully saturated rings. The van der Waals surface area contributed by atoms with Crippen LogP contribution in [0.1, 0.15) is 18.5 Å². The normalized spacial score (nSPS) is 11.3. The lowest BCUT2D eigenvalue weighted by Gasteiger charge is -2.18. The molecular weight excluding hydrogens is 308 g/mol. The molecule has 0 saturated carbocycles. The van der Waals surface area contributed by atoms with Crippen molar-refractivity contribution in [2.24, 2.45) is 0 Å². The molecule has 0 aliphatic heterocycles. The molecule has 0 aliphatic carbocycles. The second-order valence-corrected chi connectivity index (χ2v) is 4.57. The molecule has 0 aromatic heterocycles. The van der Waals surface area contributed by atoms with E-state index in [0.29, 0.717) is 13.2 Å². The lowest BCUT2D eigenvalue weighted by Crippen LogP contribution is -2.36. The molecule has 0 heterocycles. The highest BCUT2D eigenvalue weighted by atomic mass is 35.5. The number of methoxy groups -OCH3 is 3. The van der Waals surface area contributed by atoms with Crippen LogP contribution in [0.5, 0.6) is 11.5 Å². The number of carbonyl (C=O) groups is 1. The molecule has 1 unspecified atom stereocenters. The van der Waals surface area contributed by atoms with Gasteiger partial charge in [-0.2, -0.15) is 0 Å². The lowest BCUT2D eigenvalue weighted by molar-refractivity contribution is -0.120. The van der Waals surface area contributed by atoms with Crippen LogP contribution in [0.3, 0.4) is 0 Å². The Morgan fingerprint density at radius 3 is 2.55 bits per heavy atom. The summed E-state index contributed by atoms with van der Waals surface area (Å²) in [5, 5.41) is 5.92. The van der Waals surface area contributed by atoms with Crippen LogP contribution in [0.2, 0.25) is 0 Å². The fourth-order valence-corrected chi connectivity index (χ4v) is 1.92. The van der Waals surface area contributed by atoms with Gasteiger partial charge in [0, 0.05) is 19.2 Å². The highest BCUT2D eigenvalue weighted by Crippen LogP contribution is 2.29. The predicted octanol–water partition coefficient (Wildman–Crippen LogP) is 1.54. The van der Waals surface area contributed by atoms with Crippen LogP contribution in [0.15, 0.2) is 18.2 Å². The van der Waals surface area contributed by atoms with Gasteiger partial charge in [-0.15, -0.1) is 12.4 Å². The number of nitrogens with one attached hydrogen (secondary N) is 2. The van der Waals surface area contributed by atoms with E-state index in [1.807, 2.05) is 25.1 Å². The third-order valence-corrected chi connectivity index (χ3v) is 3.05. The maximum absolute atomic E-state index is 11.9. The molecule has 1 atom stereocenters. The summed E-state index contributed by atoms with van der Waals surface area (Å²) in [7, 11) is 4.83. The predicted molar refractivity (Wildman–Crippen MR) is 88.1 cm³/mol. The highest BCUT2D eigenvalue weighted by molar-refractivity contribution is 5.85. The number of halogens is 1. The topological polar surface area (TPSA) is 68.8 Å². The lowest BCUT2D eigenvalue weighted by atomic mass is 10.1. The van der Waals surface area contributed by atoms with E-state index in [2.05, 4.69) is 10.6 Å². The van der Waals surface area contributed by atoms with Crippen LogP contribution in [-0.4, -0.2) is 46.9 Å². The molecule has 2 N–H and O–H groups in total. The number of carbonyl (C=O) groups excluding carboxylic acids is 1. The van der Waals surface area contributed by atoms with Gasteiger partial charge in [-0.05, 0) is 25.1 Å². The first-order valence-electron chi connectivity index (χ1n) is 6.83. The molecule has 0 aliphatic rings. The summed E-state index contributed by atoms with van der Waals surface area (Å²) in [4.78, 5) is 11.9. The smallest absolute Gasteiger partial charge is 0.234 e. The van der Waals surface area contributed by atoms with Gasteiger partial charge in [-0.25, -0.2) is 0 Å². The minimum absolute atomic E-state index is 0. The van der Waals surface area contributed by atoms with Crippen molar-refractivity contribution in [1.29, 1.82) is 0 Å². The standard InChI is InChI=1S/C15H24N2O4.ClH/c1-11(17-15(18)10-16-7-8-19-2)13-9-12(20-3)5-6-14(13)21-4;/h5-6,9,11,16H,7-8,10H2,1-4H3,(H,17,18);1H. The summed E-state index contributed by atoms with van der Waals surface area (Å²) >= 11 is 0. The van der Waals surface area contributed by atoms with Crippen molar-refractivity contribution in [3.05, 3.63) is 23.8 Å². The minimum Gasteiger partial charge on any atom is -0.497 e. The molecule has 7 heteroatoms. The molecule has 6 nitrogen and oxygen atoms in total. The Morgan fingerprint density at radius 2 is 1.95 bits per heavy atom. The van der Waals surface area contributed by atoms with E-state index in [1.54, 1.807) is 21.3 Å². The average molecular weight is 333 g/mol. The molecule has 0 spiro atoms. The van der Waals surface area contributed by atoms with Crippen molar-refractivity contribution < 1.29 is 19.0 Å². The quantitative estimate of drug-likeness (QED) is 0.671. The molecule has 1 aromatic rings. The Morgan fingerprint density at radius 1 is 1.23 bits per heavy atom. The fraction of sp³-hybridized carbons (Fsp3) is 0.533. The number of amides is 1. The van der Waals surface area contributed by atoms with Crippen molar-refractivity contribution in [1.82, 2.24) is 10.6 Å². The van der Waals surface area contributed by atoms with Gasteiger partial charge in [0.15, 0.2) is 0 Å². The monoisotopic (exact) mass is 332 g/mol. The van der Waals surface area contributed by atoms with Crippen LogP contribution in [0, 0.1) is 0 Å². The average Bonchev–Trinajstić information content (AvgIpc) is 2.50. The Hall–Kier alpha value is -1.50. The Labute approximate surface area is 137 Å². The van der Waals surface area contributed by atoms with Crippen LogP contribution in [0.4, 0.5) is 0 Å². The summed E-state index contributed by atoms with van der Waals surface area (Å²) in [5.41, 5.74) is 0.877. The van der Waals surface area contributed by atoms with E-state index in [4.69, 9.17) is 14.2 Å². The zero-order valence-electron chi connectivity index (χ0n) is 13.5. The first-order valence-corrected chi connectivity index (χ1v) is 6.83. The zero-order valence-corrected chi connectivity index (χ0v) is 14.3. The van der Waals surface area contributed by atoms with Gasteiger partial charge in [-0.3, -0.25) is 4.79 Å². The fourth-order valence-electron chi connectivity index (χ4n) is 1.92. The minimum atomic E-state index is -0.174. The number of hydrogen-bond acceptors (Lipinski definition) is 5. The number of benzene rings is 1. The third kappa shape index (κ3) is 6.51. The van der Waals surface area contributed by atoms with E-state index in [-0.39, 0.29) is 30.9 Å². The first-order chi connectivity index (χ1) is 10.1. The number of rotatable bonds is 9. The molecule has 0 bridgehead atoms. The SMILES string of the molecule is COCCNCC(=O)NC(C)c1cc(OC)ccc1OC.Cl. The second-order valence-electron chi connectivity index (χ2n) is 4.57. The van der Waals surface area contributed by atoms with Crippen LogP contribution < -0.4 is 20.1 Å². The largest absolute Gasteiger partial charge is 0.497 e. The van der Waals surface area contributed by atoms with Crippen molar-refractivity contribution in [2.75, 3.05) is 41.0 Å². The van der Waals surface area contributed by atoms with Gasteiger partial charge in [0.2, 0.25) is 5.91 Å². The van der Waals surface area contributed by atoms with Crippen LogP contribution >= 0.6 is 12.4 Å². The van der Waals surface area contributed by atoms with Gasteiger partial charge in [-0.1, -0.05) is 0 Å². The van der Waals surface area contributed by atoms with Crippen molar-refractivity contribution in [2.45, 2.75) is 13.0 Å². The Bertz CT molecular complexity index is 457. The molecule has 1 aromatic carbocycles. The number of hydrogen-bond donors (Lipinski definition) is 2. The van der Waals surface area contributed by atoms with Gasteiger partial charge in [0.1, 0.15) is 11.5 Å². The Kier molecular flexibility index (Phi) is 10.4. The summed E-state index contributed by atoms with van der Waals surface area (Å²) in [6.45, 7) is 3.37. The second kappa shape index (κ2) is 11.1. The van der Waals surface area contributed by atoms with E-state index in [1.165, 1.54) is 0 Å². The number of ether oxygens (including phenoxy) is 3. The zero-order chi connectivity index (χ0) is 15.7. The Balaban J connectivity index is 0.00000441.